The van der Waals surface area contributed by atoms with Crippen molar-refractivity contribution in [3.8, 4) is 16.8 Å². The molecule has 0 saturated carbocycles. The van der Waals surface area contributed by atoms with Gasteiger partial charge in [0, 0.05) is 50.7 Å². The summed E-state index contributed by atoms with van der Waals surface area (Å²) in [5.41, 5.74) is 8.66. The molecule has 2 heteroatoms. The molecule has 0 fully saturated rings. The van der Waals surface area contributed by atoms with Crippen molar-refractivity contribution in [2.75, 3.05) is 0 Å². The fraction of sp³-hybridized carbons (Fsp3) is 0.0909. The maximum Gasteiger partial charge on any atom is 0.0619 e. The normalized spacial score (nSPS) is 11.1. The molecule has 2 heterocycles. The first-order valence-corrected chi connectivity index (χ1v) is 16.2. The van der Waals surface area contributed by atoms with Crippen LogP contribution >= 0.6 is 0 Å². The average Bonchev–Trinajstić information content (AvgIpc) is 3.61. The Balaban J connectivity index is 0.000000642. The minimum Gasteiger partial charge on any atom is -0.344 e. The minimum atomic E-state index is 1.18. The highest BCUT2D eigenvalue weighted by molar-refractivity contribution is 6.22. The maximum atomic E-state index is 3.36. The predicted molar refractivity (Wildman–Crippen MR) is 202 cm³/mol. The second-order valence-electron chi connectivity index (χ2n) is 11.5. The molecule has 7 aromatic carbocycles. The van der Waals surface area contributed by atoms with Crippen molar-refractivity contribution in [1.29, 1.82) is 0 Å². The van der Waals surface area contributed by atoms with Crippen LogP contribution in [0.25, 0.3) is 82.0 Å². The van der Waals surface area contributed by atoms with Crippen LogP contribution in [0.5, 0.6) is 0 Å². The molecule has 224 valence electrons. The van der Waals surface area contributed by atoms with Crippen LogP contribution in [0.2, 0.25) is 0 Å². The fourth-order valence-corrected chi connectivity index (χ4v) is 6.97. The fourth-order valence-electron chi connectivity index (χ4n) is 6.97. The molecule has 46 heavy (non-hydrogen) atoms. The summed E-state index contributed by atoms with van der Waals surface area (Å²) < 4.78 is 4.75. The van der Waals surface area contributed by atoms with Gasteiger partial charge in [-0.1, -0.05) is 117 Å². The lowest BCUT2D eigenvalue weighted by Crippen LogP contribution is -1.93. The number of benzene rings is 7. The molecule has 2 nitrogen and oxygen atoms in total. The molecule has 2 aromatic heterocycles. The molecule has 0 saturated heterocycles. The zero-order valence-corrected chi connectivity index (χ0v) is 27.0. The van der Waals surface area contributed by atoms with Gasteiger partial charge >= 0.3 is 0 Å². The molecule has 9 rings (SSSR count). The molecule has 0 N–H and O–H groups in total. The largest absolute Gasteiger partial charge is 0.344 e. The number of fused-ring (bicyclic) bond motifs is 10. The van der Waals surface area contributed by atoms with Gasteiger partial charge in [-0.15, -0.1) is 6.58 Å². The van der Waals surface area contributed by atoms with Crippen molar-refractivity contribution in [3.05, 3.63) is 152 Å². The zero-order chi connectivity index (χ0) is 31.8. The monoisotopic (exact) mass is 594 g/mol. The third-order valence-corrected chi connectivity index (χ3v) is 8.90. The minimum absolute atomic E-state index is 1.18. The summed E-state index contributed by atoms with van der Waals surface area (Å²) in [4.78, 5) is 0. The first-order valence-electron chi connectivity index (χ1n) is 16.2. The van der Waals surface area contributed by atoms with E-state index in [4.69, 9.17) is 0 Å². The highest BCUT2D eigenvalue weighted by Crippen LogP contribution is 2.40. The Morgan fingerprint density at radius 1 is 0.500 bits per heavy atom. The van der Waals surface area contributed by atoms with Crippen LogP contribution in [0, 0.1) is 0 Å². The van der Waals surface area contributed by atoms with Crippen molar-refractivity contribution in [1.82, 2.24) is 9.13 Å². The van der Waals surface area contributed by atoms with Gasteiger partial charge in [0.15, 0.2) is 0 Å². The molecular weight excluding hydrogens is 556 g/mol. The van der Waals surface area contributed by atoms with E-state index in [1.807, 2.05) is 20.8 Å². The Labute approximate surface area is 270 Å². The average molecular weight is 595 g/mol. The lowest BCUT2D eigenvalue weighted by atomic mass is 9.98. The van der Waals surface area contributed by atoms with Crippen molar-refractivity contribution in [2.45, 2.75) is 20.8 Å². The second kappa shape index (κ2) is 12.1. The number of hydrogen-bond donors (Lipinski definition) is 0. The first-order chi connectivity index (χ1) is 22.7. The van der Waals surface area contributed by atoms with Gasteiger partial charge in [-0.05, 0) is 76.7 Å². The van der Waals surface area contributed by atoms with Crippen molar-refractivity contribution in [3.63, 3.8) is 0 Å². The zero-order valence-electron chi connectivity index (χ0n) is 27.0. The SMILES string of the molecule is C=CC.CC.Cn1c2ccc(-c3ccc4c(c3)c3ccc5ccccc5c3n4-c3ccccc3)cc2c2c3ccccc3ccc21. The summed E-state index contributed by atoms with van der Waals surface area (Å²) in [5, 5.41) is 10.3. The van der Waals surface area contributed by atoms with E-state index in [-0.39, 0.29) is 0 Å². The number of aryl methyl sites for hydroxylation is 1. The highest BCUT2D eigenvalue weighted by Gasteiger charge is 2.17. The molecular formula is C44H38N2. The Hall–Kier alpha value is -5.60. The van der Waals surface area contributed by atoms with E-state index in [2.05, 4.69) is 162 Å². The van der Waals surface area contributed by atoms with Gasteiger partial charge in [0.25, 0.3) is 0 Å². The number of hydrogen-bond acceptors (Lipinski definition) is 0. The molecule has 0 radical (unpaired) electrons. The summed E-state index contributed by atoms with van der Waals surface area (Å²) in [6.07, 6.45) is 1.75. The van der Waals surface area contributed by atoms with Gasteiger partial charge in [-0.2, -0.15) is 0 Å². The summed E-state index contributed by atoms with van der Waals surface area (Å²) in [7, 11) is 2.17. The Bertz CT molecular complexity index is 2530. The van der Waals surface area contributed by atoms with E-state index in [9.17, 15) is 0 Å². The molecule has 0 aliphatic heterocycles. The smallest absolute Gasteiger partial charge is 0.0619 e. The van der Waals surface area contributed by atoms with E-state index in [0.29, 0.717) is 0 Å². The van der Waals surface area contributed by atoms with Gasteiger partial charge in [-0.3, -0.25) is 0 Å². The van der Waals surface area contributed by atoms with Gasteiger partial charge in [0.2, 0.25) is 0 Å². The number of rotatable bonds is 2. The third-order valence-electron chi connectivity index (χ3n) is 8.90. The van der Waals surface area contributed by atoms with Crippen LogP contribution in [-0.2, 0) is 7.05 Å². The van der Waals surface area contributed by atoms with E-state index >= 15 is 0 Å². The molecule has 0 aliphatic rings. The number of aromatic nitrogens is 2. The van der Waals surface area contributed by atoms with Crippen LogP contribution in [0.1, 0.15) is 20.8 Å². The second-order valence-corrected chi connectivity index (χ2v) is 11.5. The topological polar surface area (TPSA) is 9.86 Å². The molecule has 0 aliphatic carbocycles. The molecule has 0 atom stereocenters. The molecule has 9 aromatic rings. The molecule has 0 spiro atoms. The summed E-state index contributed by atoms with van der Waals surface area (Å²) in [6, 6.07) is 51.1. The van der Waals surface area contributed by atoms with Gasteiger partial charge in [0.1, 0.15) is 0 Å². The molecule has 0 amide bonds. The highest BCUT2D eigenvalue weighted by atomic mass is 15.0. The molecule has 0 unspecified atom stereocenters. The van der Waals surface area contributed by atoms with Crippen molar-refractivity contribution in [2.24, 2.45) is 7.05 Å². The number of nitrogens with zero attached hydrogens (tertiary/aromatic N) is 2. The number of para-hydroxylation sites is 1. The Morgan fingerprint density at radius 2 is 1.04 bits per heavy atom. The van der Waals surface area contributed by atoms with E-state index in [1.54, 1.807) is 6.08 Å². The predicted octanol–water partition coefficient (Wildman–Crippen LogP) is 12.6. The Kier molecular flexibility index (Phi) is 7.64. The molecule has 0 bridgehead atoms. The summed E-state index contributed by atoms with van der Waals surface area (Å²) in [6.45, 7) is 9.25. The lowest BCUT2D eigenvalue weighted by Gasteiger charge is -2.10. The van der Waals surface area contributed by atoms with Crippen LogP contribution in [0.15, 0.2) is 152 Å². The van der Waals surface area contributed by atoms with Gasteiger partial charge in [-0.25, -0.2) is 0 Å². The maximum absolute atomic E-state index is 3.36. The quantitative estimate of drug-likeness (QED) is 0.176. The van der Waals surface area contributed by atoms with Crippen LogP contribution < -0.4 is 0 Å². The van der Waals surface area contributed by atoms with Gasteiger partial charge in [0.05, 0.1) is 11.0 Å². The summed E-state index contributed by atoms with van der Waals surface area (Å²) >= 11 is 0. The number of allylic oxidation sites excluding steroid dienone is 1. The van der Waals surface area contributed by atoms with Gasteiger partial charge < -0.3 is 9.13 Å². The standard InChI is InChI=1S/C39H26N2.C3H6.C2H6/c1-40-35-20-17-28(24-34(35)38-30-13-7-5-9-25(30)16-22-37(38)40)27-18-21-36-33(23-27)32-19-15-26-10-6-8-14-31(26)39(32)41(36)29-11-3-2-4-12-29;1-3-2;1-2/h2-24H,1H3;3H,1H2,2H3;1-2H3. The Morgan fingerprint density at radius 3 is 1.76 bits per heavy atom. The van der Waals surface area contributed by atoms with Crippen LogP contribution in [0.4, 0.5) is 0 Å². The third kappa shape index (κ3) is 4.57. The van der Waals surface area contributed by atoms with Crippen molar-refractivity contribution < 1.29 is 0 Å². The van der Waals surface area contributed by atoms with Crippen LogP contribution in [-0.4, -0.2) is 9.13 Å². The van der Waals surface area contributed by atoms with E-state index < -0.39 is 0 Å². The van der Waals surface area contributed by atoms with Crippen LogP contribution in [0.3, 0.4) is 0 Å². The summed E-state index contributed by atoms with van der Waals surface area (Å²) in [5.74, 6) is 0. The van der Waals surface area contributed by atoms with Crippen molar-refractivity contribution >= 4 is 65.2 Å². The lowest BCUT2D eigenvalue weighted by molar-refractivity contribution is 1.01. The van der Waals surface area contributed by atoms with E-state index in [0.717, 1.165) is 0 Å². The first kappa shape index (κ1) is 29.1. The van der Waals surface area contributed by atoms with E-state index in [1.165, 1.54) is 82.0 Å².